The van der Waals surface area contributed by atoms with E-state index in [-0.39, 0.29) is 22.9 Å². The number of carbonyl (C=O) groups excluding carboxylic acids is 1. The van der Waals surface area contributed by atoms with Crippen molar-refractivity contribution >= 4 is 67.7 Å². The van der Waals surface area contributed by atoms with E-state index in [2.05, 4.69) is 85.1 Å². The molecule has 14 heteroatoms. The number of hydrogen-bond acceptors (Lipinski definition) is 9. The zero-order valence-corrected chi connectivity index (χ0v) is 41.4. The number of thioether (sulfide) groups is 1. The third kappa shape index (κ3) is 11.8. The number of amides is 1. The first-order valence-corrected chi connectivity index (χ1v) is 26.2. The number of anilines is 5. The molecule has 11 nitrogen and oxygen atoms in total. The number of rotatable bonds is 17. The number of carbonyl (C=O) groups is 1. The normalized spacial score (nSPS) is 15.1. The van der Waals surface area contributed by atoms with Crippen molar-refractivity contribution in [2.75, 3.05) is 78.1 Å². The number of nitrogens with two attached hydrogens (primary N) is 1. The van der Waals surface area contributed by atoms with Gasteiger partial charge in [0.25, 0.3) is 15.9 Å². The number of benzene rings is 5. The van der Waals surface area contributed by atoms with E-state index >= 15 is 0 Å². The SMILES string of the molecule is Cc1c(C(=O)NC2CCCCC2)c(-c2cccc(N3CCN(c4ccc(NS(=O)(=O)c5ccc(N[C@H](CCN(C)C)CSc6ccccc6)c(N)c5)cc4)CC3)c2)c(-c2ccc(Cl)cc2)n1C. The first kappa shape index (κ1) is 47.9. The summed E-state index contributed by atoms with van der Waals surface area (Å²) in [6, 6.07) is 39.5. The van der Waals surface area contributed by atoms with Gasteiger partial charge in [0.1, 0.15) is 0 Å². The van der Waals surface area contributed by atoms with E-state index in [4.69, 9.17) is 17.3 Å². The van der Waals surface area contributed by atoms with Gasteiger partial charge in [-0.2, -0.15) is 0 Å². The number of aromatic nitrogens is 1. The van der Waals surface area contributed by atoms with E-state index < -0.39 is 10.0 Å². The lowest BCUT2D eigenvalue weighted by atomic mass is 9.93. The molecule has 0 unspecified atom stereocenters. The molecule has 1 saturated carbocycles. The molecule has 2 aliphatic rings. The van der Waals surface area contributed by atoms with E-state index in [9.17, 15) is 13.2 Å². The average molecular weight is 960 g/mol. The highest BCUT2D eigenvalue weighted by Gasteiger charge is 2.29. The molecule has 352 valence electrons. The molecule has 1 amide bonds. The quantitative estimate of drug-likeness (QED) is 0.0522. The standard InChI is InChI=1S/C53H63ClN8O3S2/c1-37-50(53(63)57-41-13-7-5-8-14-41)51(52(60(37)4)38-18-20-40(54)21-19-38)39-12-11-15-45(34-39)62-32-30-61(31-33-62)44-24-22-42(23-25-44)58-67(64,65)47-26-27-49(48(55)35-47)56-43(28-29-59(2)3)36-66-46-16-9-6-10-17-46/h6,9-12,15-27,34-35,41,43,56,58H,5,7-8,13-14,28-33,36,55H2,1-4H3,(H,57,63)/t43-/m1/s1. The monoisotopic (exact) mass is 958 g/mol. The van der Waals surface area contributed by atoms with Gasteiger partial charge in [-0.1, -0.05) is 73.3 Å². The van der Waals surface area contributed by atoms with Crippen LogP contribution in [-0.4, -0.2) is 88.4 Å². The van der Waals surface area contributed by atoms with E-state index in [0.29, 0.717) is 22.1 Å². The lowest BCUT2D eigenvalue weighted by Crippen LogP contribution is -2.46. The maximum Gasteiger partial charge on any atom is 0.261 e. The number of nitrogens with zero attached hydrogens (tertiary/aromatic N) is 4. The second kappa shape index (κ2) is 21.6. The Balaban J connectivity index is 0.920. The number of hydrogen-bond donors (Lipinski definition) is 4. The Morgan fingerprint density at radius 1 is 0.821 bits per heavy atom. The predicted molar refractivity (Wildman–Crippen MR) is 281 cm³/mol. The maximum atomic E-state index is 14.2. The Hall–Kier alpha value is -5.60. The predicted octanol–water partition coefficient (Wildman–Crippen LogP) is 10.6. The van der Waals surface area contributed by atoms with Crippen LogP contribution >= 0.6 is 23.4 Å². The van der Waals surface area contributed by atoms with Gasteiger partial charge in [-0.05, 0) is 137 Å². The van der Waals surface area contributed by atoms with Gasteiger partial charge in [-0.3, -0.25) is 9.52 Å². The number of halogens is 1. The molecule has 1 saturated heterocycles. The van der Waals surface area contributed by atoms with E-state index in [1.54, 1.807) is 23.9 Å². The van der Waals surface area contributed by atoms with Gasteiger partial charge < -0.3 is 35.6 Å². The molecule has 0 radical (unpaired) electrons. The summed E-state index contributed by atoms with van der Waals surface area (Å²) in [4.78, 5) is 22.4. The molecule has 0 spiro atoms. The Morgan fingerprint density at radius 2 is 1.51 bits per heavy atom. The molecule has 6 aromatic rings. The molecule has 5 N–H and O–H groups in total. The fourth-order valence-corrected chi connectivity index (χ4v) is 11.4. The minimum absolute atomic E-state index is 0.0195. The minimum Gasteiger partial charge on any atom is -0.397 e. The van der Waals surface area contributed by atoms with Crippen LogP contribution in [0.2, 0.25) is 5.02 Å². The van der Waals surface area contributed by atoms with Crippen LogP contribution in [0.15, 0.2) is 131 Å². The number of nitrogens with one attached hydrogen (secondary N) is 3. The summed E-state index contributed by atoms with van der Waals surface area (Å²) in [6.45, 7) is 6.09. The number of sulfonamides is 1. The van der Waals surface area contributed by atoms with Gasteiger partial charge in [0.05, 0.1) is 27.5 Å². The van der Waals surface area contributed by atoms with Crippen LogP contribution in [-0.2, 0) is 17.1 Å². The topological polar surface area (TPSA) is 128 Å². The Kier molecular flexibility index (Phi) is 15.4. The molecule has 2 fully saturated rings. The summed E-state index contributed by atoms with van der Waals surface area (Å²) in [7, 11) is 2.25. The lowest BCUT2D eigenvalue weighted by Gasteiger charge is -2.37. The summed E-state index contributed by atoms with van der Waals surface area (Å²) in [5, 5.41) is 7.64. The molecule has 5 aromatic carbocycles. The van der Waals surface area contributed by atoms with Crippen molar-refractivity contribution in [2.24, 2.45) is 7.05 Å². The molecular formula is C53H63ClN8O3S2. The minimum atomic E-state index is -3.90. The average Bonchev–Trinajstić information content (AvgIpc) is 3.60. The molecule has 8 rings (SSSR count). The maximum absolute atomic E-state index is 14.2. The van der Waals surface area contributed by atoms with Crippen LogP contribution in [0.3, 0.4) is 0 Å². The van der Waals surface area contributed by atoms with E-state index in [0.717, 1.165) is 116 Å². The van der Waals surface area contributed by atoms with Gasteiger partial charge >= 0.3 is 0 Å². The van der Waals surface area contributed by atoms with Crippen LogP contribution in [0.1, 0.15) is 54.6 Å². The molecule has 67 heavy (non-hydrogen) atoms. The third-order valence-electron chi connectivity index (χ3n) is 13.0. The fraction of sp³-hybridized carbons (Fsp3) is 0.340. The first-order valence-electron chi connectivity index (χ1n) is 23.3. The summed E-state index contributed by atoms with van der Waals surface area (Å²) < 4.78 is 32.1. The third-order valence-corrected chi connectivity index (χ3v) is 15.9. The largest absolute Gasteiger partial charge is 0.397 e. The fourth-order valence-electron chi connectivity index (χ4n) is 9.23. The number of nitrogen functional groups attached to an aromatic ring is 1. The highest BCUT2D eigenvalue weighted by Crippen LogP contribution is 2.41. The first-order chi connectivity index (χ1) is 32.3. The Labute approximate surface area is 406 Å². The van der Waals surface area contributed by atoms with E-state index in [1.807, 2.05) is 80.7 Å². The van der Waals surface area contributed by atoms with Crippen molar-refractivity contribution in [2.45, 2.75) is 67.3 Å². The zero-order valence-electron chi connectivity index (χ0n) is 39.0. The second-order valence-corrected chi connectivity index (χ2v) is 21.3. The molecule has 0 bridgehead atoms. The van der Waals surface area contributed by atoms with Crippen LogP contribution in [0, 0.1) is 6.92 Å². The van der Waals surface area contributed by atoms with E-state index in [1.165, 1.54) is 17.4 Å². The molecule has 1 aromatic heterocycles. The van der Waals surface area contributed by atoms with Gasteiger partial charge in [0, 0.05) is 89.3 Å². The van der Waals surface area contributed by atoms with Gasteiger partial charge in [-0.15, -0.1) is 11.8 Å². The van der Waals surface area contributed by atoms with Crippen molar-refractivity contribution < 1.29 is 13.2 Å². The Bertz CT molecular complexity index is 2730. The molecule has 1 aliphatic carbocycles. The van der Waals surface area contributed by atoms with Crippen molar-refractivity contribution in [1.29, 1.82) is 0 Å². The smallest absolute Gasteiger partial charge is 0.261 e. The highest BCUT2D eigenvalue weighted by molar-refractivity contribution is 7.99. The summed E-state index contributed by atoms with van der Waals surface area (Å²) in [6.07, 6.45) is 6.43. The van der Waals surface area contributed by atoms with Gasteiger partial charge in [0.2, 0.25) is 0 Å². The van der Waals surface area contributed by atoms with Gasteiger partial charge in [-0.25, -0.2) is 8.42 Å². The van der Waals surface area contributed by atoms with Crippen LogP contribution in [0.25, 0.3) is 22.4 Å². The Morgan fingerprint density at radius 3 is 2.18 bits per heavy atom. The molecule has 2 heterocycles. The second-order valence-electron chi connectivity index (χ2n) is 18.0. The van der Waals surface area contributed by atoms with Crippen LogP contribution in [0.4, 0.5) is 28.4 Å². The highest BCUT2D eigenvalue weighted by atomic mass is 35.5. The molecular weight excluding hydrogens is 896 g/mol. The van der Waals surface area contributed by atoms with Crippen molar-refractivity contribution in [3.05, 3.63) is 138 Å². The van der Waals surface area contributed by atoms with Crippen molar-refractivity contribution in [1.82, 2.24) is 14.8 Å². The summed E-state index contributed by atoms with van der Waals surface area (Å²) in [5.41, 5.74) is 15.7. The summed E-state index contributed by atoms with van der Waals surface area (Å²) >= 11 is 8.12. The number of piperazine rings is 1. The lowest BCUT2D eigenvalue weighted by molar-refractivity contribution is 0.0927. The zero-order chi connectivity index (χ0) is 47.1. The van der Waals surface area contributed by atoms with Crippen LogP contribution in [0.5, 0.6) is 0 Å². The van der Waals surface area contributed by atoms with Crippen molar-refractivity contribution in [3.8, 4) is 22.4 Å². The summed E-state index contributed by atoms with van der Waals surface area (Å²) in [5.74, 6) is 0.817. The van der Waals surface area contributed by atoms with Crippen LogP contribution < -0.4 is 30.9 Å². The van der Waals surface area contributed by atoms with Crippen molar-refractivity contribution in [3.63, 3.8) is 0 Å². The molecule has 1 aliphatic heterocycles. The molecule has 1 atom stereocenters. The van der Waals surface area contributed by atoms with Gasteiger partial charge in [0.15, 0.2) is 0 Å².